The summed E-state index contributed by atoms with van der Waals surface area (Å²) in [7, 11) is 0. The molecule has 35 heavy (non-hydrogen) atoms. The van der Waals surface area contributed by atoms with E-state index in [4.69, 9.17) is 14.7 Å². The lowest BCUT2D eigenvalue weighted by Crippen LogP contribution is -2.35. The molecule has 0 spiro atoms. The number of pyridine rings is 1. The summed E-state index contributed by atoms with van der Waals surface area (Å²) in [5.41, 5.74) is 4.04. The van der Waals surface area contributed by atoms with Crippen molar-refractivity contribution in [2.75, 3.05) is 43.0 Å². The Balaban J connectivity index is 1.33. The van der Waals surface area contributed by atoms with Crippen molar-refractivity contribution in [2.24, 2.45) is 5.41 Å². The number of anilines is 2. The fraction of sp³-hybridized carbons (Fsp3) is 0.615. The third-order valence-corrected chi connectivity index (χ3v) is 8.76. The van der Waals surface area contributed by atoms with Gasteiger partial charge >= 0.3 is 0 Å². The van der Waals surface area contributed by atoms with E-state index in [1.54, 1.807) is 17.7 Å². The van der Waals surface area contributed by atoms with Gasteiger partial charge in [-0.05, 0) is 61.5 Å². The summed E-state index contributed by atoms with van der Waals surface area (Å²) in [5, 5.41) is 7.42. The molecule has 2 aliphatic heterocycles. The zero-order valence-electron chi connectivity index (χ0n) is 20.7. The molecular formula is C26H34N6O2S. The molecule has 0 saturated carbocycles. The first-order chi connectivity index (χ1) is 17.0. The lowest BCUT2D eigenvalue weighted by molar-refractivity contribution is -0.119. The zero-order valence-corrected chi connectivity index (χ0v) is 21.5. The second-order valence-corrected chi connectivity index (χ2v) is 11.9. The molecule has 0 aromatic carbocycles. The summed E-state index contributed by atoms with van der Waals surface area (Å²) in [4.78, 5) is 30.4. The molecule has 0 radical (unpaired) electrons. The molecule has 1 unspecified atom stereocenters. The Kier molecular flexibility index (Phi) is 6.00. The number of hydrogen-bond donors (Lipinski definition) is 2. The molecule has 1 atom stereocenters. The van der Waals surface area contributed by atoms with Crippen molar-refractivity contribution >= 4 is 49.3 Å². The number of aromatic nitrogens is 3. The number of ether oxygens (including phenoxy) is 1. The van der Waals surface area contributed by atoms with Gasteiger partial charge in [-0.15, -0.1) is 11.3 Å². The Labute approximate surface area is 209 Å². The molecule has 3 aromatic heterocycles. The highest BCUT2D eigenvalue weighted by molar-refractivity contribution is 7.26. The van der Waals surface area contributed by atoms with Gasteiger partial charge in [0, 0.05) is 31.6 Å². The number of carbonyl (C=O) groups excluding carboxylic acids is 1. The maximum atomic E-state index is 12.4. The molecule has 9 heteroatoms. The predicted molar refractivity (Wildman–Crippen MR) is 140 cm³/mol. The maximum Gasteiger partial charge on any atom is 0.239 e. The molecule has 1 amide bonds. The average molecular weight is 495 g/mol. The number of fused-ring (bicyclic) bond motifs is 5. The summed E-state index contributed by atoms with van der Waals surface area (Å²) in [5.74, 6) is 1.83. The molecule has 5 heterocycles. The van der Waals surface area contributed by atoms with E-state index >= 15 is 0 Å². The molecule has 3 aliphatic rings. The largest absolute Gasteiger partial charge is 0.376 e. The van der Waals surface area contributed by atoms with Gasteiger partial charge in [0.1, 0.15) is 22.8 Å². The number of hydrogen-bond acceptors (Lipinski definition) is 8. The number of carbonyl (C=O) groups is 1. The third-order valence-electron chi connectivity index (χ3n) is 7.68. The van der Waals surface area contributed by atoms with Crippen LogP contribution in [0.1, 0.15) is 57.1 Å². The van der Waals surface area contributed by atoms with Crippen molar-refractivity contribution in [3.63, 3.8) is 0 Å². The fourth-order valence-electron chi connectivity index (χ4n) is 5.76. The van der Waals surface area contributed by atoms with Gasteiger partial charge in [0.15, 0.2) is 0 Å². The van der Waals surface area contributed by atoms with Gasteiger partial charge in [0.2, 0.25) is 5.91 Å². The molecule has 2 N–H and O–H groups in total. The van der Waals surface area contributed by atoms with Crippen molar-refractivity contribution in [2.45, 2.75) is 64.9 Å². The van der Waals surface area contributed by atoms with Crippen molar-refractivity contribution in [3.8, 4) is 0 Å². The van der Waals surface area contributed by atoms with E-state index in [1.165, 1.54) is 41.6 Å². The SMILES string of the molecule is CC1(C)CCc2c(N3CCCC3)nc3sc4c(NCC(=O)NCC5CCCO5)ncnc4c3c2C1. The Hall–Kier alpha value is -2.52. The Morgan fingerprint density at radius 1 is 1.23 bits per heavy atom. The van der Waals surface area contributed by atoms with Gasteiger partial charge in [-0.25, -0.2) is 15.0 Å². The first kappa shape index (κ1) is 22.9. The number of nitrogens with zero attached hydrogens (tertiary/aromatic N) is 4. The first-order valence-corrected chi connectivity index (χ1v) is 13.8. The summed E-state index contributed by atoms with van der Waals surface area (Å²) < 4.78 is 6.58. The van der Waals surface area contributed by atoms with E-state index in [-0.39, 0.29) is 24.0 Å². The van der Waals surface area contributed by atoms with Crippen LogP contribution in [0.2, 0.25) is 0 Å². The highest BCUT2D eigenvalue weighted by Crippen LogP contribution is 2.46. The highest BCUT2D eigenvalue weighted by atomic mass is 32.1. The van der Waals surface area contributed by atoms with E-state index in [2.05, 4.69) is 34.4 Å². The molecular weight excluding hydrogens is 460 g/mol. The molecule has 186 valence electrons. The minimum atomic E-state index is -0.0538. The number of thiophene rings is 1. The van der Waals surface area contributed by atoms with Gasteiger partial charge < -0.3 is 20.3 Å². The number of rotatable bonds is 6. The summed E-state index contributed by atoms with van der Waals surface area (Å²) in [6, 6.07) is 0. The van der Waals surface area contributed by atoms with Crippen molar-refractivity contribution in [3.05, 3.63) is 17.5 Å². The minimum Gasteiger partial charge on any atom is -0.376 e. The van der Waals surface area contributed by atoms with Gasteiger partial charge in [0.05, 0.1) is 22.9 Å². The lowest BCUT2D eigenvalue weighted by atomic mass is 9.73. The van der Waals surface area contributed by atoms with Crippen LogP contribution in [0.5, 0.6) is 0 Å². The van der Waals surface area contributed by atoms with E-state index in [0.717, 1.165) is 60.4 Å². The second-order valence-electron chi connectivity index (χ2n) is 10.9. The number of nitrogens with one attached hydrogen (secondary N) is 2. The van der Waals surface area contributed by atoms with Crippen molar-refractivity contribution in [1.82, 2.24) is 20.3 Å². The van der Waals surface area contributed by atoms with Gasteiger partial charge in [-0.1, -0.05) is 13.8 Å². The quantitative estimate of drug-likeness (QED) is 0.534. The third kappa shape index (κ3) is 4.44. The van der Waals surface area contributed by atoms with Crippen LogP contribution in [0.3, 0.4) is 0 Å². The Bertz CT molecular complexity index is 1260. The van der Waals surface area contributed by atoms with Crippen molar-refractivity contribution < 1.29 is 9.53 Å². The van der Waals surface area contributed by atoms with Gasteiger partial charge in [-0.3, -0.25) is 4.79 Å². The smallest absolute Gasteiger partial charge is 0.239 e. The molecule has 2 saturated heterocycles. The van der Waals surface area contributed by atoms with E-state index in [0.29, 0.717) is 12.4 Å². The first-order valence-electron chi connectivity index (χ1n) is 12.9. The average Bonchev–Trinajstić information content (AvgIpc) is 3.61. The molecule has 8 nitrogen and oxygen atoms in total. The highest BCUT2D eigenvalue weighted by Gasteiger charge is 2.33. The van der Waals surface area contributed by atoms with E-state index in [1.807, 2.05) is 0 Å². The van der Waals surface area contributed by atoms with Crippen molar-refractivity contribution in [1.29, 1.82) is 0 Å². The minimum absolute atomic E-state index is 0.0538. The van der Waals surface area contributed by atoms with Crippen LogP contribution in [-0.4, -0.2) is 59.7 Å². The van der Waals surface area contributed by atoms with Crippen LogP contribution in [-0.2, 0) is 22.4 Å². The van der Waals surface area contributed by atoms with Crippen LogP contribution in [0, 0.1) is 5.41 Å². The Morgan fingerprint density at radius 3 is 2.89 bits per heavy atom. The molecule has 6 rings (SSSR count). The van der Waals surface area contributed by atoms with E-state index in [9.17, 15) is 4.79 Å². The maximum absolute atomic E-state index is 12.4. The van der Waals surface area contributed by atoms with Crippen LogP contribution >= 0.6 is 11.3 Å². The van der Waals surface area contributed by atoms with Gasteiger partial charge in [0.25, 0.3) is 0 Å². The molecule has 2 fully saturated rings. The second kappa shape index (κ2) is 9.17. The standard InChI is InChI=1S/C26H34N6O2S/c1-26(2)8-7-17-18(12-26)20-21-22(35-25(20)31-24(17)32-9-3-4-10-32)23(30-15-29-21)28-14-19(33)27-13-16-6-5-11-34-16/h15-16H,3-14H2,1-2H3,(H,27,33)(H,28,29,30). The normalized spacial score (nSPS) is 21.5. The summed E-state index contributed by atoms with van der Waals surface area (Å²) in [6.07, 6.45) is 9.57. The van der Waals surface area contributed by atoms with E-state index < -0.39 is 0 Å². The van der Waals surface area contributed by atoms with Crippen LogP contribution in [0.25, 0.3) is 20.4 Å². The summed E-state index contributed by atoms with van der Waals surface area (Å²) >= 11 is 1.64. The van der Waals surface area contributed by atoms with Gasteiger partial charge in [-0.2, -0.15) is 0 Å². The molecule has 0 bridgehead atoms. The summed E-state index contributed by atoms with van der Waals surface area (Å²) in [6.45, 7) is 8.43. The van der Waals surface area contributed by atoms with Crippen LogP contribution < -0.4 is 15.5 Å². The topological polar surface area (TPSA) is 92.3 Å². The van der Waals surface area contributed by atoms with Crippen LogP contribution in [0.15, 0.2) is 6.33 Å². The zero-order chi connectivity index (χ0) is 24.0. The van der Waals surface area contributed by atoms with Crippen LogP contribution in [0.4, 0.5) is 11.6 Å². The number of amides is 1. The predicted octanol–water partition coefficient (Wildman–Crippen LogP) is 4.06. The molecule has 3 aromatic rings. The lowest BCUT2D eigenvalue weighted by Gasteiger charge is -2.34. The molecule has 1 aliphatic carbocycles. The Morgan fingerprint density at radius 2 is 2.09 bits per heavy atom. The monoisotopic (exact) mass is 494 g/mol. The fourth-order valence-corrected chi connectivity index (χ4v) is 6.88.